The summed E-state index contributed by atoms with van der Waals surface area (Å²) in [5.41, 5.74) is 1.34. The number of rotatable bonds is 9. The first-order valence-electron chi connectivity index (χ1n) is 7.76. The Kier molecular flexibility index (Phi) is 7.08. The van der Waals surface area contributed by atoms with E-state index in [1.165, 1.54) is 16.3 Å². The van der Waals surface area contributed by atoms with E-state index in [-0.39, 0.29) is 17.3 Å². The maximum Gasteiger partial charge on any atom is 0.343 e. The highest BCUT2D eigenvalue weighted by atomic mass is 32.2. The Balaban J connectivity index is 1.97. The van der Waals surface area contributed by atoms with Crippen molar-refractivity contribution in [2.24, 2.45) is 0 Å². The largest absolute Gasteiger partial charge is 0.495 e. The van der Waals surface area contributed by atoms with Gasteiger partial charge in [0, 0.05) is 20.3 Å². The third-order valence-corrected chi connectivity index (χ3v) is 4.39. The number of hydrogen-bond donors (Lipinski definition) is 2. The van der Waals surface area contributed by atoms with Crippen molar-refractivity contribution in [2.75, 3.05) is 31.9 Å². The van der Waals surface area contributed by atoms with Gasteiger partial charge in [-0.2, -0.15) is 0 Å². The number of nitrogens with one attached hydrogen (secondary N) is 2. The number of amides is 1. The molecule has 136 valence electrons. The lowest BCUT2D eigenvalue weighted by Gasteiger charge is -2.11. The van der Waals surface area contributed by atoms with Crippen LogP contribution < -0.4 is 15.7 Å². The number of aryl methyl sites for hydroxylation is 1. The van der Waals surface area contributed by atoms with Crippen molar-refractivity contribution < 1.29 is 14.3 Å². The molecular formula is C16H22N4O4S. The maximum absolute atomic E-state index is 12.2. The van der Waals surface area contributed by atoms with Crippen LogP contribution in [0.15, 0.2) is 28.2 Å². The van der Waals surface area contributed by atoms with Gasteiger partial charge in [0.15, 0.2) is 5.16 Å². The van der Waals surface area contributed by atoms with Gasteiger partial charge < -0.3 is 14.8 Å². The summed E-state index contributed by atoms with van der Waals surface area (Å²) in [6.45, 7) is 2.97. The first-order valence-corrected chi connectivity index (χ1v) is 8.75. The predicted molar refractivity (Wildman–Crippen MR) is 96.4 cm³/mol. The minimum atomic E-state index is -0.292. The van der Waals surface area contributed by atoms with Crippen molar-refractivity contribution in [3.63, 3.8) is 0 Å². The van der Waals surface area contributed by atoms with Crippen LogP contribution in [0.2, 0.25) is 0 Å². The monoisotopic (exact) mass is 366 g/mol. The summed E-state index contributed by atoms with van der Waals surface area (Å²) in [7, 11) is 3.16. The molecule has 0 aliphatic carbocycles. The summed E-state index contributed by atoms with van der Waals surface area (Å²) >= 11 is 1.20. The molecule has 0 bridgehead atoms. The molecule has 0 spiro atoms. The Hall–Kier alpha value is -2.26. The molecule has 1 heterocycles. The van der Waals surface area contributed by atoms with Crippen LogP contribution in [-0.2, 0) is 16.1 Å². The van der Waals surface area contributed by atoms with E-state index in [4.69, 9.17) is 9.47 Å². The Labute approximate surface area is 149 Å². The number of aromatic amines is 1. The quantitative estimate of drug-likeness (QED) is 0.517. The van der Waals surface area contributed by atoms with E-state index >= 15 is 0 Å². The molecule has 1 aromatic heterocycles. The van der Waals surface area contributed by atoms with Crippen LogP contribution >= 0.6 is 11.8 Å². The van der Waals surface area contributed by atoms with Gasteiger partial charge in [-0.25, -0.2) is 9.89 Å². The molecule has 0 atom stereocenters. The van der Waals surface area contributed by atoms with E-state index in [9.17, 15) is 9.59 Å². The second-order valence-corrected chi connectivity index (χ2v) is 6.29. The molecule has 0 aliphatic heterocycles. The lowest BCUT2D eigenvalue weighted by molar-refractivity contribution is -0.113. The standard InChI is InChI=1S/C16H22N4O4S/c1-11-5-6-13(24-3)12(9-11)17-14(21)10-25-16-19-18-15(22)20(16)7-4-8-23-2/h5-6,9H,4,7-8,10H2,1-3H3,(H,17,21)(H,18,22). The Morgan fingerprint density at radius 2 is 2.20 bits per heavy atom. The van der Waals surface area contributed by atoms with Gasteiger partial charge in [0.2, 0.25) is 5.91 Å². The fraction of sp³-hybridized carbons (Fsp3) is 0.438. The third-order valence-electron chi connectivity index (χ3n) is 3.41. The smallest absolute Gasteiger partial charge is 0.343 e. The number of aromatic nitrogens is 3. The summed E-state index contributed by atoms with van der Waals surface area (Å²) in [4.78, 5) is 24.0. The second-order valence-electron chi connectivity index (χ2n) is 5.35. The zero-order valence-electron chi connectivity index (χ0n) is 14.5. The third kappa shape index (κ3) is 5.36. The van der Waals surface area contributed by atoms with Crippen molar-refractivity contribution in [1.29, 1.82) is 0 Å². The zero-order chi connectivity index (χ0) is 18.2. The fourth-order valence-electron chi connectivity index (χ4n) is 2.21. The number of thioether (sulfide) groups is 1. The topological polar surface area (TPSA) is 98.2 Å². The summed E-state index contributed by atoms with van der Waals surface area (Å²) in [5.74, 6) is 0.527. The molecule has 9 heteroatoms. The number of H-pyrrole nitrogens is 1. The number of methoxy groups -OCH3 is 2. The van der Waals surface area contributed by atoms with Crippen molar-refractivity contribution >= 4 is 23.4 Å². The van der Waals surface area contributed by atoms with Crippen LogP contribution in [0, 0.1) is 6.92 Å². The first kappa shape index (κ1) is 19.1. The van der Waals surface area contributed by atoms with Gasteiger partial charge in [0.1, 0.15) is 5.75 Å². The van der Waals surface area contributed by atoms with Gasteiger partial charge in [-0.3, -0.25) is 9.36 Å². The number of carbonyl (C=O) groups is 1. The average Bonchev–Trinajstić information content (AvgIpc) is 2.94. The molecule has 2 N–H and O–H groups in total. The molecule has 0 fully saturated rings. The molecule has 8 nitrogen and oxygen atoms in total. The molecule has 0 saturated heterocycles. The van der Waals surface area contributed by atoms with Gasteiger partial charge in [-0.15, -0.1) is 5.10 Å². The summed E-state index contributed by atoms with van der Waals surface area (Å²) in [5, 5.41) is 9.67. The van der Waals surface area contributed by atoms with E-state index in [2.05, 4.69) is 15.5 Å². The van der Waals surface area contributed by atoms with Crippen LogP contribution in [0.3, 0.4) is 0 Å². The van der Waals surface area contributed by atoms with E-state index in [1.807, 2.05) is 19.1 Å². The Morgan fingerprint density at radius 3 is 2.92 bits per heavy atom. The lowest BCUT2D eigenvalue weighted by atomic mass is 10.2. The van der Waals surface area contributed by atoms with Crippen LogP contribution in [0.5, 0.6) is 5.75 Å². The molecule has 0 aliphatic rings. The van der Waals surface area contributed by atoms with E-state index in [0.29, 0.717) is 36.2 Å². The summed E-state index contributed by atoms with van der Waals surface area (Å²) in [6, 6.07) is 5.56. The van der Waals surface area contributed by atoms with Crippen molar-refractivity contribution in [3.8, 4) is 5.75 Å². The lowest BCUT2D eigenvalue weighted by Crippen LogP contribution is -2.19. The van der Waals surface area contributed by atoms with E-state index in [0.717, 1.165) is 5.56 Å². The number of ether oxygens (including phenoxy) is 2. The normalized spacial score (nSPS) is 10.7. The highest BCUT2D eigenvalue weighted by Crippen LogP contribution is 2.25. The first-order chi connectivity index (χ1) is 12.0. The van der Waals surface area contributed by atoms with Crippen molar-refractivity contribution in [1.82, 2.24) is 14.8 Å². The summed E-state index contributed by atoms with van der Waals surface area (Å²) in [6.07, 6.45) is 0.691. The number of anilines is 1. The number of carbonyl (C=O) groups excluding carboxylic acids is 1. The average molecular weight is 366 g/mol. The number of nitrogens with zero attached hydrogens (tertiary/aromatic N) is 2. The molecule has 0 radical (unpaired) electrons. The molecule has 2 rings (SSSR count). The predicted octanol–water partition coefficient (Wildman–Crippen LogP) is 1.66. The highest BCUT2D eigenvalue weighted by Gasteiger charge is 2.13. The fourth-order valence-corrected chi connectivity index (χ4v) is 2.99. The number of benzene rings is 1. The van der Waals surface area contributed by atoms with Crippen molar-refractivity contribution in [3.05, 3.63) is 34.2 Å². The number of hydrogen-bond acceptors (Lipinski definition) is 6. The van der Waals surface area contributed by atoms with Gasteiger partial charge >= 0.3 is 5.69 Å². The van der Waals surface area contributed by atoms with Gasteiger partial charge in [-0.1, -0.05) is 17.8 Å². The molecule has 1 amide bonds. The zero-order valence-corrected chi connectivity index (χ0v) is 15.3. The highest BCUT2D eigenvalue weighted by molar-refractivity contribution is 7.99. The van der Waals surface area contributed by atoms with Gasteiger partial charge in [-0.05, 0) is 31.0 Å². The summed E-state index contributed by atoms with van der Waals surface area (Å²) < 4.78 is 11.7. The maximum atomic E-state index is 12.2. The Morgan fingerprint density at radius 1 is 1.40 bits per heavy atom. The minimum absolute atomic E-state index is 0.131. The van der Waals surface area contributed by atoms with Gasteiger partial charge in [0.05, 0.1) is 18.6 Å². The SMILES string of the molecule is COCCCn1c(SCC(=O)Nc2cc(C)ccc2OC)n[nH]c1=O. The molecule has 2 aromatic rings. The van der Waals surface area contributed by atoms with Crippen LogP contribution in [0.4, 0.5) is 5.69 Å². The molecular weight excluding hydrogens is 344 g/mol. The molecule has 1 aromatic carbocycles. The molecule has 0 saturated carbocycles. The van der Waals surface area contributed by atoms with E-state index in [1.54, 1.807) is 20.3 Å². The van der Waals surface area contributed by atoms with Crippen molar-refractivity contribution in [2.45, 2.75) is 25.0 Å². The second kappa shape index (κ2) is 9.28. The Bertz CT molecular complexity index is 772. The molecule has 25 heavy (non-hydrogen) atoms. The van der Waals surface area contributed by atoms with Crippen LogP contribution in [0.25, 0.3) is 0 Å². The van der Waals surface area contributed by atoms with E-state index < -0.39 is 0 Å². The molecule has 0 unspecified atom stereocenters. The van der Waals surface area contributed by atoms with Crippen LogP contribution in [0.1, 0.15) is 12.0 Å². The van der Waals surface area contributed by atoms with Gasteiger partial charge in [0.25, 0.3) is 0 Å². The van der Waals surface area contributed by atoms with Crippen LogP contribution in [-0.4, -0.2) is 47.3 Å². The minimum Gasteiger partial charge on any atom is -0.495 e.